The van der Waals surface area contributed by atoms with Crippen LogP contribution in [0, 0.1) is 0 Å². The molecule has 0 amide bonds. The van der Waals surface area contributed by atoms with E-state index in [-0.39, 0.29) is 0 Å². The maximum atomic E-state index is 3.59. The standard InChI is InChI=1S/C17H21NS/c1-18-16(13-15-9-5-12-19-15)17(10-6-11-17)14-7-3-2-4-8-14/h2-5,7-9,12,16,18H,6,10-11,13H2,1H3. The molecule has 0 radical (unpaired) electrons. The SMILES string of the molecule is CNC(Cc1cccs1)C1(c2ccccc2)CCC1. The van der Waals surface area contributed by atoms with E-state index in [1.54, 1.807) is 0 Å². The van der Waals surface area contributed by atoms with Gasteiger partial charge in [-0.25, -0.2) is 0 Å². The number of nitrogens with one attached hydrogen (secondary N) is 1. The van der Waals surface area contributed by atoms with E-state index >= 15 is 0 Å². The lowest BCUT2D eigenvalue weighted by Gasteiger charge is -2.48. The van der Waals surface area contributed by atoms with Gasteiger partial charge in [0.05, 0.1) is 0 Å². The van der Waals surface area contributed by atoms with E-state index < -0.39 is 0 Å². The van der Waals surface area contributed by atoms with E-state index in [0.717, 1.165) is 6.42 Å². The fourth-order valence-corrected chi connectivity index (χ4v) is 4.12. The van der Waals surface area contributed by atoms with Crippen LogP contribution >= 0.6 is 11.3 Å². The van der Waals surface area contributed by atoms with Crippen LogP contribution in [0.15, 0.2) is 47.8 Å². The van der Waals surface area contributed by atoms with Crippen molar-refractivity contribution in [1.29, 1.82) is 0 Å². The van der Waals surface area contributed by atoms with Crippen molar-refractivity contribution in [2.24, 2.45) is 0 Å². The van der Waals surface area contributed by atoms with Crippen molar-refractivity contribution in [3.05, 3.63) is 58.3 Å². The molecule has 19 heavy (non-hydrogen) atoms. The van der Waals surface area contributed by atoms with Crippen LogP contribution in [0.5, 0.6) is 0 Å². The molecule has 1 aliphatic rings. The van der Waals surface area contributed by atoms with Crippen LogP contribution in [-0.2, 0) is 11.8 Å². The number of likely N-dealkylation sites (N-methyl/N-ethyl adjacent to an activating group) is 1. The Balaban J connectivity index is 1.87. The van der Waals surface area contributed by atoms with Gasteiger partial charge in [-0.15, -0.1) is 11.3 Å². The average molecular weight is 271 g/mol. The third-order valence-corrected chi connectivity index (χ3v) is 5.49. The molecule has 1 fully saturated rings. The van der Waals surface area contributed by atoms with Crippen molar-refractivity contribution in [2.45, 2.75) is 37.1 Å². The molecule has 1 atom stereocenters. The second kappa shape index (κ2) is 5.48. The van der Waals surface area contributed by atoms with Crippen molar-refractivity contribution < 1.29 is 0 Å². The molecule has 1 nitrogen and oxygen atoms in total. The quantitative estimate of drug-likeness (QED) is 0.866. The largest absolute Gasteiger partial charge is 0.316 e. The van der Waals surface area contributed by atoms with E-state index in [1.165, 1.54) is 29.7 Å². The Morgan fingerprint density at radius 2 is 1.95 bits per heavy atom. The molecule has 0 aliphatic heterocycles. The Labute approximate surface area is 119 Å². The van der Waals surface area contributed by atoms with Crippen LogP contribution in [0.1, 0.15) is 29.7 Å². The van der Waals surface area contributed by atoms with Crippen molar-refractivity contribution in [2.75, 3.05) is 7.05 Å². The Bertz CT molecular complexity index is 499. The number of benzene rings is 1. The molecule has 2 heteroatoms. The summed E-state index contributed by atoms with van der Waals surface area (Å²) in [7, 11) is 2.11. The van der Waals surface area contributed by atoms with Crippen molar-refractivity contribution in [3.8, 4) is 0 Å². The van der Waals surface area contributed by atoms with Gasteiger partial charge in [0.15, 0.2) is 0 Å². The highest BCUT2D eigenvalue weighted by Gasteiger charge is 2.44. The van der Waals surface area contributed by atoms with Gasteiger partial charge in [-0.3, -0.25) is 0 Å². The molecule has 2 aromatic rings. The van der Waals surface area contributed by atoms with Crippen LogP contribution in [0.3, 0.4) is 0 Å². The molecule has 1 heterocycles. The number of hydrogen-bond donors (Lipinski definition) is 1. The summed E-state index contributed by atoms with van der Waals surface area (Å²) >= 11 is 1.87. The fraction of sp³-hybridized carbons (Fsp3) is 0.412. The molecule has 1 saturated carbocycles. The third-order valence-electron chi connectivity index (χ3n) is 4.60. The predicted molar refractivity (Wildman–Crippen MR) is 82.8 cm³/mol. The van der Waals surface area contributed by atoms with Crippen LogP contribution in [0.4, 0.5) is 0 Å². The van der Waals surface area contributed by atoms with Gasteiger partial charge in [-0.1, -0.05) is 42.8 Å². The summed E-state index contributed by atoms with van der Waals surface area (Å²) in [5.41, 5.74) is 1.86. The predicted octanol–water partition coefficient (Wildman–Crippen LogP) is 4.00. The van der Waals surface area contributed by atoms with Crippen LogP contribution in [0.2, 0.25) is 0 Å². The minimum absolute atomic E-state index is 0.347. The summed E-state index contributed by atoms with van der Waals surface area (Å²) < 4.78 is 0. The summed E-state index contributed by atoms with van der Waals surface area (Å²) in [5, 5.41) is 5.77. The minimum atomic E-state index is 0.347. The molecule has 1 aromatic carbocycles. The monoisotopic (exact) mass is 271 g/mol. The highest BCUT2D eigenvalue weighted by atomic mass is 32.1. The lowest BCUT2D eigenvalue weighted by molar-refractivity contribution is 0.174. The van der Waals surface area contributed by atoms with Crippen molar-refractivity contribution in [1.82, 2.24) is 5.32 Å². The van der Waals surface area contributed by atoms with Gasteiger partial charge >= 0.3 is 0 Å². The molecule has 0 bridgehead atoms. The zero-order chi connectivity index (χ0) is 13.1. The fourth-order valence-electron chi connectivity index (χ4n) is 3.37. The van der Waals surface area contributed by atoms with Gasteiger partial charge < -0.3 is 5.32 Å². The summed E-state index contributed by atoms with van der Waals surface area (Å²) in [6.45, 7) is 0. The van der Waals surface area contributed by atoms with E-state index in [2.05, 4.69) is 60.2 Å². The first kappa shape index (κ1) is 12.9. The van der Waals surface area contributed by atoms with Crippen molar-refractivity contribution in [3.63, 3.8) is 0 Å². The molecular weight excluding hydrogens is 250 g/mol. The highest BCUT2D eigenvalue weighted by molar-refractivity contribution is 7.09. The van der Waals surface area contributed by atoms with Crippen molar-refractivity contribution >= 4 is 11.3 Å². The molecule has 1 aromatic heterocycles. The van der Waals surface area contributed by atoms with E-state index in [0.29, 0.717) is 11.5 Å². The van der Waals surface area contributed by atoms with Crippen LogP contribution in [0.25, 0.3) is 0 Å². The Morgan fingerprint density at radius 1 is 1.16 bits per heavy atom. The van der Waals surface area contributed by atoms with E-state index in [9.17, 15) is 0 Å². The molecule has 3 rings (SSSR count). The summed E-state index contributed by atoms with van der Waals surface area (Å²) in [6.07, 6.45) is 5.13. The normalized spacial score (nSPS) is 18.8. The zero-order valence-corrected chi connectivity index (χ0v) is 12.2. The maximum Gasteiger partial charge on any atom is 0.0209 e. The lowest BCUT2D eigenvalue weighted by Crippen LogP contribution is -2.52. The lowest BCUT2D eigenvalue weighted by atomic mass is 9.59. The second-order valence-electron chi connectivity index (χ2n) is 5.50. The van der Waals surface area contributed by atoms with Gasteiger partial charge in [0, 0.05) is 16.3 Å². The summed E-state index contributed by atoms with van der Waals surface area (Å²) in [5.74, 6) is 0. The van der Waals surface area contributed by atoms with Gasteiger partial charge in [-0.2, -0.15) is 0 Å². The van der Waals surface area contributed by atoms with Crippen LogP contribution in [-0.4, -0.2) is 13.1 Å². The van der Waals surface area contributed by atoms with Gasteiger partial charge in [-0.05, 0) is 43.3 Å². The van der Waals surface area contributed by atoms with Crippen LogP contribution < -0.4 is 5.32 Å². The maximum absolute atomic E-state index is 3.59. The third kappa shape index (κ3) is 2.35. The van der Waals surface area contributed by atoms with E-state index in [4.69, 9.17) is 0 Å². The second-order valence-corrected chi connectivity index (χ2v) is 6.53. The number of rotatable bonds is 5. The highest BCUT2D eigenvalue weighted by Crippen LogP contribution is 2.47. The average Bonchev–Trinajstić information content (AvgIpc) is 2.90. The Morgan fingerprint density at radius 3 is 2.47 bits per heavy atom. The minimum Gasteiger partial charge on any atom is -0.316 e. The van der Waals surface area contributed by atoms with Gasteiger partial charge in [0.2, 0.25) is 0 Å². The van der Waals surface area contributed by atoms with Gasteiger partial charge in [0.25, 0.3) is 0 Å². The molecule has 1 unspecified atom stereocenters. The molecule has 1 aliphatic carbocycles. The summed E-state index contributed by atoms with van der Waals surface area (Å²) in [6, 6.07) is 16.0. The molecule has 100 valence electrons. The molecular formula is C17H21NS. The van der Waals surface area contributed by atoms with E-state index in [1.807, 2.05) is 11.3 Å². The number of hydrogen-bond acceptors (Lipinski definition) is 2. The first-order valence-electron chi connectivity index (χ1n) is 7.10. The Hall–Kier alpha value is -1.12. The molecule has 1 N–H and O–H groups in total. The molecule has 0 spiro atoms. The first-order valence-corrected chi connectivity index (χ1v) is 7.98. The summed E-state index contributed by atoms with van der Waals surface area (Å²) in [4.78, 5) is 1.49. The first-order chi connectivity index (χ1) is 9.35. The Kier molecular flexibility index (Phi) is 3.72. The smallest absolute Gasteiger partial charge is 0.0209 e. The van der Waals surface area contributed by atoms with Gasteiger partial charge in [0.1, 0.15) is 0 Å². The zero-order valence-electron chi connectivity index (χ0n) is 11.4. The number of thiophene rings is 1. The topological polar surface area (TPSA) is 12.0 Å². The molecule has 0 saturated heterocycles.